The second-order valence-corrected chi connectivity index (χ2v) is 4.96. The first kappa shape index (κ1) is 18.1. The van der Waals surface area contributed by atoms with Gasteiger partial charge >= 0.3 is 5.97 Å². The van der Waals surface area contributed by atoms with Crippen LogP contribution in [0, 0.1) is 0 Å². The number of nitrogens with one attached hydrogen (secondary N) is 1. The molecule has 1 amide bonds. The van der Waals surface area contributed by atoms with Crippen molar-refractivity contribution in [2.75, 3.05) is 26.1 Å². The fraction of sp³-hybridized carbons (Fsp3) is 0.158. The maximum atomic E-state index is 11.7. The van der Waals surface area contributed by atoms with Gasteiger partial charge in [-0.15, -0.1) is 0 Å². The Balaban J connectivity index is 1.87. The van der Waals surface area contributed by atoms with Crippen LogP contribution in [-0.2, 0) is 14.3 Å². The van der Waals surface area contributed by atoms with Crippen LogP contribution in [0.3, 0.4) is 0 Å². The molecule has 25 heavy (non-hydrogen) atoms. The Labute approximate surface area is 146 Å². The summed E-state index contributed by atoms with van der Waals surface area (Å²) in [6, 6.07) is 14.1. The van der Waals surface area contributed by atoms with Gasteiger partial charge in [-0.2, -0.15) is 0 Å². The van der Waals surface area contributed by atoms with Gasteiger partial charge in [-0.25, -0.2) is 4.79 Å². The Kier molecular flexibility index (Phi) is 6.59. The van der Waals surface area contributed by atoms with Crippen LogP contribution in [-0.4, -0.2) is 32.7 Å². The summed E-state index contributed by atoms with van der Waals surface area (Å²) in [5.74, 6) is 0.176. The number of carbonyl (C=O) groups excluding carboxylic acids is 2. The van der Waals surface area contributed by atoms with Gasteiger partial charge in [0.05, 0.1) is 14.2 Å². The van der Waals surface area contributed by atoms with Gasteiger partial charge in [0.25, 0.3) is 5.91 Å². The first-order valence-corrected chi connectivity index (χ1v) is 7.54. The van der Waals surface area contributed by atoms with Gasteiger partial charge in [-0.1, -0.05) is 18.2 Å². The maximum absolute atomic E-state index is 11.7. The number of esters is 1. The van der Waals surface area contributed by atoms with Gasteiger partial charge in [0.15, 0.2) is 6.61 Å². The predicted octanol–water partition coefficient (Wildman–Crippen LogP) is 2.90. The summed E-state index contributed by atoms with van der Waals surface area (Å²) in [4.78, 5) is 23.5. The number of hydrogen-bond donors (Lipinski definition) is 1. The van der Waals surface area contributed by atoms with Crippen molar-refractivity contribution in [3.8, 4) is 11.5 Å². The molecule has 130 valence electrons. The van der Waals surface area contributed by atoms with Crippen molar-refractivity contribution in [2.24, 2.45) is 0 Å². The summed E-state index contributed by atoms with van der Waals surface area (Å²) < 4.78 is 15.3. The van der Waals surface area contributed by atoms with Crippen molar-refractivity contribution in [1.29, 1.82) is 0 Å². The average molecular weight is 341 g/mol. The van der Waals surface area contributed by atoms with Crippen molar-refractivity contribution in [2.45, 2.75) is 0 Å². The fourth-order valence-electron chi connectivity index (χ4n) is 2.02. The highest BCUT2D eigenvalue weighted by molar-refractivity contribution is 5.94. The van der Waals surface area contributed by atoms with Crippen LogP contribution in [0.25, 0.3) is 6.08 Å². The highest BCUT2D eigenvalue weighted by Gasteiger charge is 2.07. The number of ether oxygens (including phenoxy) is 3. The smallest absolute Gasteiger partial charge is 0.331 e. The number of methoxy groups -OCH3 is 2. The number of para-hydroxylation sites is 1. The Morgan fingerprint density at radius 1 is 1.04 bits per heavy atom. The van der Waals surface area contributed by atoms with E-state index in [2.05, 4.69) is 5.32 Å². The van der Waals surface area contributed by atoms with E-state index in [-0.39, 0.29) is 6.61 Å². The second kappa shape index (κ2) is 9.12. The van der Waals surface area contributed by atoms with Crippen molar-refractivity contribution in [3.05, 3.63) is 60.2 Å². The Bertz CT molecular complexity index is 756. The molecule has 2 aromatic carbocycles. The first-order valence-electron chi connectivity index (χ1n) is 7.54. The molecular formula is C19H19NO5. The summed E-state index contributed by atoms with van der Waals surface area (Å²) >= 11 is 0. The van der Waals surface area contributed by atoms with E-state index < -0.39 is 11.9 Å². The monoisotopic (exact) mass is 341 g/mol. The lowest BCUT2D eigenvalue weighted by Gasteiger charge is -2.07. The molecule has 0 saturated heterocycles. The van der Waals surface area contributed by atoms with Crippen LogP contribution in [0.2, 0.25) is 0 Å². The molecule has 0 fully saturated rings. The molecule has 0 aliphatic heterocycles. The zero-order chi connectivity index (χ0) is 18.1. The first-order chi connectivity index (χ1) is 12.1. The van der Waals surface area contributed by atoms with Crippen molar-refractivity contribution < 1.29 is 23.8 Å². The quantitative estimate of drug-likeness (QED) is 0.619. The molecule has 0 bridgehead atoms. The van der Waals surface area contributed by atoms with Crippen LogP contribution >= 0.6 is 0 Å². The summed E-state index contributed by atoms with van der Waals surface area (Å²) in [7, 11) is 3.08. The van der Waals surface area contributed by atoms with Crippen LogP contribution in [0.15, 0.2) is 54.6 Å². The lowest BCUT2D eigenvalue weighted by Crippen LogP contribution is -2.20. The van der Waals surface area contributed by atoms with Gasteiger partial charge in [-0.05, 0) is 30.3 Å². The topological polar surface area (TPSA) is 73.9 Å². The van der Waals surface area contributed by atoms with Crippen molar-refractivity contribution >= 4 is 23.6 Å². The molecule has 2 rings (SSSR count). The molecule has 0 radical (unpaired) electrons. The number of anilines is 1. The number of amides is 1. The summed E-state index contributed by atoms with van der Waals surface area (Å²) in [6.07, 6.45) is 2.79. The molecule has 6 heteroatoms. The van der Waals surface area contributed by atoms with Crippen molar-refractivity contribution in [1.82, 2.24) is 0 Å². The van der Waals surface area contributed by atoms with Gasteiger partial charge in [0.1, 0.15) is 11.5 Å². The van der Waals surface area contributed by atoms with Gasteiger partial charge in [0, 0.05) is 23.4 Å². The Hall–Kier alpha value is -3.28. The molecule has 0 heterocycles. The standard InChI is InChI=1S/C19H19NO5/c1-23-16-10-8-14(17(12-16)24-2)9-11-19(22)25-13-18(21)20-15-6-4-3-5-7-15/h3-12H,13H2,1-2H3,(H,20,21). The number of rotatable bonds is 7. The zero-order valence-electron chi connectivity index (χ0n) is 14.0. The van der Waals surface area contributed by atoms with Crippen LogP contribution < -0.4 is 14.8 Å². The Morgan fingerprint density at radius 3 is 2.48 bits per heavy atom. The van der Waals surface area contributed by atoms with E-state index in [1.807, 2.05) is 6.07 Å². The van der Waals surface area contributed by atoms with Crippen LogP contribution in [0.1, 0.15) is 5.56 Å². The minimum Gasteiger partial charge on any atom is -0.497 e. The molecule has 2 aromatic rings. The lowest BCUT2D eigenvalue weighted by atomic mass is 10.2. The fourth-order valence-corrected chi connectivity index (χ4v) is 2.02. The molecule has 0 aliphatic carbocycles. The third-order valence-electron chi connectivity index (χ3n) is 3.24. The average Bonchev–Trinajstić information content (AvgIpc) is 2.65. The summed E-state index contributed by atoms with van der Waals surface area (Å²) in [5.41, 5.74) is 1.33. The summed E-state index contributed by atoms with van der Waals surface area (Å²) in [6.45, 7) is -0.363. The molecule has 0 aliphatic rings. The molecule has 6 nitrogen and oxygen atoms in total. The lowest BCUT2D eigenvalue weighted by molar-refractivity contribution is -0.142. The predicted molar refractivity (Wildman–Crippen MR) is 94.6 cm³/mol. The third kappa shape index (κ3) is 5.69. The number of benzene rings is 2. The van der Waals surface area contributed by atoms with E-state index in [1.54, 1.807) is 55.7 Å². The Morgan fingerprint density at radius 2 is 1.80 bits per heavy atom. The minimum atomic E-state index is -0.624. The largest absolute Gasteiger partial charge is 0.497 e. The molecule has 0 unspecified atom stereocenters. The van der Waals surface area contributed by atoms with Gasteiger partial charge in [-0.3, -0.25) is 4.79 Å². The van der Waals surface area contributed by atoms with E-state index in [0.29, 0.717) is 22.7 Å². The minimum absolute atomic E-state index is 0.363. The highest BCUT2D eigenvalue weighted by atomic mass is 16.5. The number of hydrogen-bond acceptors (Lipinski definition) is 5. The molecule has 0 saturated carbocycles. The van der Waals surface area contributed by atoms with E-state index in [9.17, 15) is 9.59 Å². The number of carbonyl (C=O) groups is 2. The third-order valence-corrected chi connectivity index (χ3v) is 3.24. The maximum Gasteiger partial charge on any atom is 0.331 e. The molecule has 1 N–H and O–H groups in total. The van der Waals surface area contributed by atoms with Crippen molar-refractivity contribution in [3.63, 3.8) is 0 Å². The van der Waals surface area contributed by atoms with E-state index in [4.69, 9.17) is 14.2 Å². The molecule has 0 atom stereocenters. The van der Waals surface area contributed by atoms with Crippen LogP contribution in [0.4, 0.5) is 5.69 Å². The molecular weight excluding hydrogens is 322 g/mol. The SMILES string of the molecule is COc1ccc(C=CC(=O)OCC(=O)Nc2ccccc2)c(OC)c1. The second-order valence-electron chi connectivity index (χ2n) is 4.96. The highest BCUT2D eigenvalue weighted by Crippen LogP contribution is 2.25. The normalized spacial score (nSPS) is 10.3. The van der Waals surface area contributed by atoms with E-state index in [1.165, 1.54) is 13.2 Å². The molecule has 0 aromatic heterocycles. The van der Waals surface area contributed by atoms with E-state index in [0.717, 1.165) is 0 Å². The molecule has 0 spiro atoms. The van der Waals surface area contributed by atoms with Crippen LogP contribution in [0.5, 0.6) is 11.5 Å². The van der Waals surface area contributed by atoms with Gasteiger partial charge in [0.2, 0.25) is 0 Å². The zero-order valence-corrected chi connectivity index (χ0v) is 14.0. The van der Waals surface area contributed by atoms with E-state index >= 15 is 0 Å². The van der Waals surface area contributed by atoms with Gasteiger partial charge < -0.3 is 19.5 Å². The summed E-state index contributed by atoms with van der Waals surface area (Å²) in [5, 5.41) is 2.63.